The van der Waals surface area contributed by atoms with E-state index in [-0.39, 0.29) is 6.61 Å². The summed E-state index contributed by atoms with van der Waals surface area (Å²) in [5.74, 6) is 0.0966. The van der Waals surface area contributed by atoms with Crippen molar-refractivity contribution < 1.29 is 19.7 Å². The van der Waals surface area contributed by atoms with E-state index in [9.17, 15) is 0 Å². The highest BCUT2D eigenvalue weighted by Gasteiger charge is 2.14. The number of hydrogen-bond acceptors (Lipinski definition) is 5. The van der Waals surface area contributed by atoms with Crippen molar-refractivity contribution in [2.45, 2.75) is 26.1 Å². The summed E-state index contributed by atoms with van der Waals surface area (Å²) in [5, 5.41) is 17.8. The highest BCUT2D eigenvalue weighted by atomic mass is 32.2. The highest BCUT2D eigenvalue weighted by molar-refractivity contribution is 7.99. The van der Waals surface area contributed by atoms with Crippen molar-refractivity contribution in [1.29, 1.82) is 0 Å². The Kier molecular flexibility index (Phi) is 9.54. The van der Waals surface area contributed by atoms with E-state index in [2.05, 4.69) is 6.92 Å². The quantitative estimate of drug-likeness (QED) is 0.437. The molecule has 0 fully saturated rings. The Balaban J connectivity index is 2.99. The van der Waals surface area contributed by atoms with Gasteiger partial charge in [-0.1, -0.05) is 6.92 Å². The second-order valence-electron chi connectivity index (χ2n) is 3.49. The van der Waals surface area contributed by atoms with Crippen LogP contribution in [0.1, 0.15) is 20.3 Å². The van der Waals surface area contributed by atoms with Gasteiger partial charge in [0.2, 0.25) is 0 Å². The summed E-state index contributed by atoms with van der Waals surface area (Å²) >= 11 is 1.74. The molecule has 0 atom stereocenters. The minimum absolute atomic E-state index is 0.0418. The van der Waals surface area contributed by atoms with Gasteiger partial charge in [-0.2, -0.15) is 11.8 Å². The SMILES string of the molecule is CCCOCCSCCOCC(C)(O)O. The number of ether oxygens (including phenoxy) is 2. The van der Waals surface area contributed by atoms with Crippen LogP contribution in [0.25, 0.3) is 0 Å². The third kappa shape index (κ3) is 14.2. The van der Waals surface area contributed by atoms with Gasteiger partial charge in [0.05, 0.1) is 19.8 Å². The molecule has 0 rings (SSSR count). The van der Waals surface area contributed by atoms with Gasteiger partial charge in [0.25, 0.3) is 0 Å². The standard InChI is InChI=1S/C10H22O4S/c1-3-4-13-5-7-15-8-6-14-9-10(2,11)12/h11-12H,3-9H2,1-2H3. The molecule has 0 saturated carbocycles. The molecule has 92 valence electrons. The van der Waals surface area contributed by atoms with E-state index in [4.69, 9.17) is 19.7 Å². The predicted molar refractivity (Wildman–Crippen MR) is 62.1 cm³/mol. The maximum absolute atomic E-state index is 8.92. The first-order chi connectivity index (χ1) is 7.06. The zero-order chi connectivity index (χ0) is 11.6. The van der Waals surface area contributed by atoms with Gasteiger partial charge < -0.3 is 19.7 Å². The fourth-order valence-corrected chi connectivity index (χ4v) is 1.53. The van der Waals surface area contributed by atoms with Crippen LogP contribution in [-0.2, 0) is 9.47 Å². The number of hydrogen-bond donors (Lipinski definition) is 2. The fourth-order valence-electron chi connectivity index (χ4n) is 0.850. The van der Waals surface area contributed by atoms with Crippen molar-refractivity contribution in [2.75, 3.05) is 37.9 Å². The van der Waals surface area contributed by atoms with Crippen LogP contribution in [0.3, 0.4) is 0 Å². The van der Waals surface area contributed by atoms with Crippen molar-refractivity contribution in [3.8, 4) is 0 Å². The molecule has 5 heteroatoms. The van der Waals surface area contributed by atoms with E-state index in [0.717, 1.165) is 31.1 Å². The molecule has 0 aliphatic heterocycles. The molecular weight excluding hydrogens is 216 g/mol. The van der Waals surface area contributed by atoms with Crippen molar-refractivity contribution in [2.24, 2.45) is 0 Å². The lowest BCUT2D eigenvalue weighted by Gasteiger charge is -2.15. The molecule has 0 aromatic heterocycles. The van der Waals surface area contributed by atoms with Crippen LogP contribution < -0.4 is 0 Å². The lowest BCUT2D eigenvalue weighted by molar-refractivity contribution is -0.182. The summed E-state index contributed by atoms with van der Waals surface area (Å²) < 4.78 is 10.4. The molecule has 0 aromatic rings. The summed E-state index contributed by atoms with van der Waals surface area (Å²) in [6, 6.07) is 0. The van der Waals surface area contributed by atoms with Crippen LogP contribution in [-0.4, -0.2) is 53.9 Å². The molecule has 0 spiro atoms. The Morgan fingerprint density at radius 1 is 1.07 bits per heavy atom. The lowest BCUT2D eigenvalue weighted by Crippen LogP contribution is -2.30. The zero-order valence-electron chi connectivity index (χ0n) is 9.57. The van der Waals surface area contributed by atoms with Crippen molar-refractivity contribution >= 4 is 11.8 Å². The van der Waals surface area contributed by atoms with Gasteiger partial charge in [-0.25, -0.2) is 0 Å². The van der Waals surface area contributed by atoms with Crippen LogP contribution in [0, 0.1) is 0 Å². The van der Waals surface area contributed by atoms with E-state index >= 15 is 0 Å². The average molecular weight is 238 g/mol. The van der Waals surface area contributed by atoms with Gasteiger partial charge >= 0.3 is 0 Å². The molecule has 0 amide bonds. The van der Waals surface area contributed by atoms with E-state index in [0.29, 0.717) is 6.61 Å². The molecule has 15 heavy (non-hydrogen) atoms. The Morgan fingerprint density at radius 2 is 1.67 bits per heavy atom. The van der Waals surface area contributed by atoms with Gasteiger partial charge in [0, 0.05) is 18.1 Å². The first-order valence-electron chi connectivity index (χ1n) is 5.24. The van der Waals surface area contributed by atoms with Gasteiger partial charge in [-0.3, -0.25) is 0 Å². The average Bonchev–Trinajstić information content (AvgIpc) is 2.14. The number of thioether (sulfide) groups is 1. The molecular formula is C10H22O4S. The maximum Gasteiger partial charge on any atom is 0.183 e. The summed E-state index contributed by atoms with van der Waals surface area (Å²) in [5.41, 5.74) is 0. The topological polar surface area (TPSA) is 58.9 Å². The molecule has 2 N–H and O–H groups in total. The second-order valence-corrected chi connectivity index (χ2v) is 4.72. The predicted octanol–water partition coefficient (Wildman–Crippen LogP) is 0.864. The van der Waals surface area contributed by atoms with Crippen molar-refractivity contribution in [3.05, 3.63) is 0 Å². The maximum atomic E-state index is 8.92. The fraction of sp³-hybridized carbons (Fsp3) is 1.00. The van der Waals surface area contributed by atoms with Crippen LogP contribution in [0.2, 0.25) is 0 Å². The van der Waals surface area contributed by atoms with Gasteiger partial charge in [0.1, 0.15) is 0 Å². The summed E-state index contributed by atoms with van der Waals surface area (Å²) in [6.45, 7) is 5.48. The second kappa shape index (κ2) is 9.42. The molecule has 0 aromatic carbocycles. The van der Waals surface area contributed by atoms with Crippen LogP contribution in [0.15, 0.2) is 0 Å². The summed E-state index contributed by atoms with van der Waals surface area (Å²) in [4.78, 5) is 0. The van der Waals surface area contributed by atoms with E-state index in [1.54, 1.807) is 11.8 Å². The number of aliphatic hydroxyl groups is 2. The normalized spacial score (nSPS) is 12.0. The molecule has 0 heterocycles. The molecule has 0 radical (unpaired) electrons. The van der Waals surface area contributed by atoms with Gasteiger partial charge in [-0.05, 0) is 13.3 Å². The Hall–Kier alpha value is 0.190. The molecule has 0 saturated heterocycles. The molecule has 0 bridgehead atoms. The lowest BCUT2D eigenvalue weighted by atomic mass is 10.4. The van der Waals surface area contributed by atoms with Crippen LogP contribution in [0.4, 0.5) is 0 Å². The molecule has 4 nitrogen and oxygen atoms in total. The monoisotopic (exact) mass is 238 g/mol. The van der Waals surface area contributed by atoms with Crippen molar-refractivity contribution in [1.82, 2.24) is 0 Å². The van der Waals surface area contributed by atoms with Gasteiger partial charge in [0.15, 0.2) is 5.79 Å². The summed E-state index contributed by atoms with van der Waals surface area (Å²) in [7, 11) is 0. The van der Waals surface area contributed by atoms with Crippen LogP contribution >= 0.6 is 11.8 Å². The first-order valence-corrected chi connectivity index (χ1v) is 6.39. The van der Waals surface area contributed by atoms with Crippen molar-refractivity contribution in [3.63, 3.8) is 0 Å². The van der Waals surface area contributed by atoms with Crippen LogP contribution in [0.5, 0.6) is 0 Å². The smallest absolute Gasteiger partial charge is 0.183 e. The van der Waals surface area contributed by atoms with E-state index < -0.39 is 5.79 Å². The number of rotatable bonds is 10. The zero-order valence-corrected chi connectivity index (χ0v) is 10.4. The minimum atomic E-state index is -1.71. The Morgan fingerprint density at radius 3 is 2.20 bits per heavy atom. The third-order valence-electron chi connectivity index (χ3n) is 1.47. The van der Waals surface area contributed by atoms with E-state index in [1.807, 2.05) is 0 Å². The summed E-state index contributed by atoms with van der Waals surface area (Å²) in [6.07, 6.45) is 1.05. The minimum Gasteiger partial charge on any atom is -0.381 e. The Bertz CT molecular complexity index is 136. The Labute approximate surface area is 96.0 Å². The largest absolute Gasteiger partial charge is 0.381 e. The van der Waals surface area contributed by atoms with E-state index in [1.165, 1.54) is 6.92 Å². The van der Waals surface area contributed by atoms with Gasteiger partial charge in [-0.15, -0.1) is 0 Å². The molecule has 0 aliphatic rings. The molecule has 0 unspecified atom stereocenters. The first kappa shape index (κ1) is 15.2. The molecule has 0 aliphatic carbocycles. The third-order valence-corrected chi connectivity index (χ3v) is 2.38. The highest BCUT2D eigenvalue weighted by Crippen LogP contribution is 2.02.